The molecule has 0 bridgehead atoms. The van der Waals surface area contributed by atoms with Crippen LogP contribution in [0.2, 0.25) is 0 Å². The van der Waals surface area contributed by atoms with Crippen LogP contribution in [-0.4, -0.2) is 24.3 Å². The fourth-order valence-electron chi connectivity index (χ4n) is 1.79. The number of ether oxygens (including phenoxy) is 1. The van der Waals surface area contributed by atoms with Gasteiger partial charge in [-0.15, -0.1) is 0 Å². The van der Waals surface area contributed by atoms with E-state index in [0.29, 0.717) is 6.29 Å². The molecule has 0 radical (unpaired) electrons. The van der Waals surface area contributed by atoms with E-state index in [9.17, 15) is 14.0 Å². The largest absolute Gasteiger partial charge is 0.481 e. The van der Waals surface area contributed by atoms with Gasteiger partial charge < -0.3 is 10.1 Å². The molecule has 0 aliphatic heterocycles. The van der Waals surface area contributed by atoms with Gasteiger partial charge in [-0.05, 0) is 31.9 Å². The van der Waals surface area contributed by atoms with Crippen molar-refractivity contribution >= 4 is 12.2 Å². The van der Waals surface area contributed by atoms with E-state index >= 15 is 0 Å². The number of carbonyl (C=O) groups is 2. The Labute approximate surface area is 118 Å². The molecule has 0 spiro atoms. The maximum atomic E-state index is 13.2. The number of hydrogen-bond donors (Lipinski definition) is 1. The molecular weight excluding hydrogens is 261 g/mol. The van der Waals surface area contributed by atoms with Crippen molar-refractivity contribution in [3.63, 3.8) is 0 Å². The Kier molecular flexibility index (Phi) is 6.15. The van der Waals surface area contributed by atoms with Crippen molar-refractivity contribution in [1.82, 2.24) is 5.32 Å². The summed E-state index contributed by atoms with van der Waals surface area (Å²) in [5, 5.41) is 2.85. The third-order valence-corrected chi connectivity index (χ3v) is 3.04. The number of aldehydes is 1. The van der Waals surface area contributed by atoms with Crippen LogP contribution in [0.4, 0.5) is 4.39 Å². The van der Waals surface area contributed by atoms with Crippen molar-refractivity contribution in [3.8, 4) is 5.75 Å². The number of amides is 1. The molecule has 1 amide bonds. The maximum absolute atomic E-state index is 13.2. The second-order valence-corrected chi connectivity index (χ2v) is 4.62. The molecular formula is C15H20FNO3. The van der Waals surface area contributed by atoms with Crippen LogP contribution in [0.5, 0.6) is 5.75 Å². The second-order valence-electron chi connectivity index (χ2n) is 4.62. The highest BCUT2D eigenvalue weighted by Crippen LogP contribution is 2.17. The summed E-state index contributed by atoms with van der Waals surface area (Å²) in [4.78, 5) is 22.6. The zero-order valence-electron chi connectivity index (χ0n) is 12.0. The lowest BCUT2D eigenvalue weighted by Crippen LogP contribution is -2.42. The molecule has 4 nitrogen and oxygen atoms in total. The van der Waals surface area contributed by atoms with E-state index < -0.39 is 11.9 Å². The van der Waals surface area contributed by atoms with Crippen LogP contribution in [0, 0.1) is 5.82 Å². The molecule has 1 aromatic carbocycles. The van der Waals surface area contributed by atoms with Gasteiger partial charge in [-0.1, -0.05) is 13.8 Å². The van der Waals surface area contributed by atoms with Gasteiger partial charge in [0.25, 0.3) is 5.91 Å². The molecule has 0 saturated carbocycles. The van der Waals surface area contributed by atoms with Crippen LogP contribution in [0.25, 0.3) is 0 Å². The van der Waals surface area contributed by atoms with Crippen molar-refractivity contribution in [2.24, 2.45) is 0 Å². The van der Waals surface area contributed by atoms with Gasteiger partial charge in [-0.25, -0.2) is 4.39 Å². The summed E-state index contributed by atoms with van der Waals surface area (Å²) in [6.45, 7) is 5.56. The summed E-state index contributed by atoms with van der Waals surface area (Å²) in [6, 6.07) is 3.76. The van der Waals surface area contributed by atoms with Crippen molar-refractivity contribution in [2.45, 2.75) is 45.8 Å². The number of benzene rings is 1. The van der Waals surface area contributed by atoms with Gasteiger partial charge in [0.2, 0.25) is 0 Å². The lowest BCUT2D eigenvalue weighted by atomic mass is 10.1. The predicted molar refractivity (Wildman–Crippen MR) is 74.4 cm³/mol. The molecule has 1 aromatic rings. The van der Waals surface area contributed by atoms with Gasteiger partial charge in [-0.2, -0.15) is 0 Å². The molecule has 5 heteroatoms. The molecule has 1 unspecified atom stereocenters. The van der Waals surface area contributed by atoms with Gasteiger partial charge >= 0.3 is 0 Å². The minimum absolute atomic E-state index is 0.103. The molecule has 20 heavy (non-hydrogen) atoms. The van der Waals surface area contributed by atoms with E-state index in [1.54, 1.807) is 6.92 Å². The van der Waals surface area contributed by atoms with Gasteiger partial charge in [0.15, 0.2) is 6.10 Å². The van der Waals surface area contributed by atoms with Crippen LogP contribution in [-0.2, 0) is 4.79 Å². The Morgan fingerprint density at radius 3 is 2.55 bits per heavy atom. The lowest BCUT2D eigenvalue weighted by molar-refractivity contribution is -0.128. The first-order valence-electron chi connectivity index (χ1n) is 6.72. The first-order valence-corrected chi connectivity index (χ1v) is 6.72. The molecule has 1 N–H and O–H groups in total. The Morgan fingerprint density at radius 2 is 2.00 bits per heavy atom. The van der Waals surface area contributed by atoms with Gasteiger partial charge in [0.05, 0.1) is 0 Å². The number of hydrogen-bond acceptors (Lipinski definition) is 3. The fourth-order valence-corrected chi connectivity index (χ4v) is 1.79. The molecule has 110 valence electrons. The summed E-state index contributed by atoms with van der Waals surface area (Å²) < 4.78 is 18.6. The minimum atomic E-state index is -0.753. The van der Waals surface area contributed by atoms with E-state index in [0.717, 1.165) is 25.0 Å². The summed E-state index contributed by atoms with van der Waals surface area (Å²) >= 11 is 0. The third-order valence-electron chi connectivity index (χ3n) is 3.04. The molecule has 0 fully saturated rings. The van der Waals surface area contributed by atoms with Crippen molar-refractivity contribution in [1.29, 1.82) is 0 Å². The molecule has 0 aliphatic carbocycles. The average molecular weight is 281 g/mol. The zero-order chi connectivity index (χ0) is 15.1. The van der Waals surface area contributed by atoms with Gasteiger partial charge in [0, 0.05) is 17.7 Å². The smallest absolute Gasteiger partial charge is 0.260 e. The zero-order valence-corrected chi connectivity index (χ0v) is 12.0. The number of nitrogens with one attached hydrogen (secondary N) is 1. The highest BCUT2D eigenvalue weighted by Gasteiger charge is 2.17. The second kappa shape index (κ2) is 7.62. The quantitative estimate of drug-likeness (QED) is 0.782. The van der Waals surface area contributed by atoms with E-state index in [2.05, 4.69) is 5.32 Å². The van der Waals surface area contributed by atoms with Crippen LogP contribution < -0.4 is 10.1 Å². The third kappa shape index (κ3) is 4.64. The van der Waals surface area contributed by atoms with Crippen LogP contribution >= 0.6 is 0 Å². The summed E-state index contributed by atoms with van der Waals surface area (Å²) in [6.07, 6.45) is 1.45. The Balaban J connectivity index is 2.70. The Morgan fingerprint density at radius 1 is 1.35 bits per heavy atom. The number of carbonyl (C=O) groups excluding carboxylic acids is 2. The standard InChI is InChI=1S/C15H20FNO3/c1-4-13(5-2)17-15(19)10(3)20-14-7-11(9-18)6-12(16)8-14/h6-10,13H,4-5H2,1-3H3,(H,17,19). The monoisotopic (exact) mass is 281 g/mol. The minimum Gasteiger partial charge on any atom is -0.481 e. The van der Waals surface area contributed by atoms with Gasteiger partial charge in [-0.3, -0.25) is 9.59 Å². The van der Waals surface area contributed by atoms with E-state index in [-0.39, 0.29) is 23.3 Å². The molecule has 1 atom stereocenters. The van der Waals surface area contributed by atoms with Crippen LogP contribution in [0.3, 0.4) is 0 Å². The van der Waals surface area contributed by atoms with Crippen molar-refractivity contribution in [2.75, 3.05) is 0 Å². The lowest BCUT2D eigenvalue weighted by Gasteiger charge is -2.19. The van der Waals surface area contributed by atoms with E-state index in [4.69, 9.17) is 4.74 Å². The highest BCUT2D eigenvalue weighted by molar-refractivity contribution is 5.81. The molecule has 0 aromatic heterocycles. The SMILES string of the molecule is CCC(CC)NC(=O)C(C)Oc1cc(F)cc(C=O)c1. The first-order chi connectivity index (χ1) is 9.49. The molecule has 0 saturated heterocycles. The number of halogens is 1. The highest BCUT2D eigenvalue weighted by atomic mass is 19.1. The first kappa shape index (κ1) is 16.1. The van der Waals surface area contributed by atoms with Gasteiger partial charge in [0.1, 0.15) is 17.9 Å². The van der Waals surface area contributed by atoms with Crippen molar-refractivity contribution < 1.29 is 18.7 Å². The fraction of sp³-hybridized carbons (Fsp3) is 0.467. The van der Waals surface area contributed by atoms with E-state index in [1.807, 2.05) is 13.8 Å². The average Bonchev–Trinajstić information content (AvgIpc) is 2.43. The summed E-state index contributed by atoms with van der Waals surface area (Å²) in [5.41, 5.74) is 0.174. The Bertz CT molecular complexity index is 472. The normalized spacial score (nSPS) is 12.1. The maximum Gasteiger partial charge on any atom is 0.260 e. The predicted octanol–water partition coefficient (Wildman–Crippen LogP) is 2.71. The van der Waals surface area contributed by atoms with Crippen LogP contribution in [0.1, 0.15) is 44.0 Å². The molecule has 0 aliphatic rings. The molecule has 1 rings (SSSR count). The van der Waals surface area contributed by atoms with Crippen LogP contribution in [0.15, 0.2) is 18.2 Å². The van der Waals surface area contributed by atoms with Crippen molar-refractivity contribution in [3.05, 3.63) is 29.6 Å². The summed E-state index contributed by atoms with van der Waals surface area (Å²) in [7, 11) is 0. The van der Waals surface area contributed by atoms with E-state index in [1.165, 1.54) is 6.07 Å². The number of rotatable bonds is 7. The Hall–Kier alpha value is -1.91. The topological polar surface area (TPSA) is 55.4 Å². The molecule has 0 heterocycles. The summed E-state index contributed by atoms with van der Waals surface area (Å²) in [5.74, 6) is -0.660.